The van der Waals surface area contributed by atoms with Crippen molar-refractivity contribution in [3.63, 3.8) is 0 Å². The van der Waals surface area contributed by atoms with Gasteiger partial charge in [-0.25, -0.2) is 4.79 Å². The van der Waals surface area contributed by atoms with E-state index in [1.807, 2.05) is 53.7 Å². The third-order valence-electron chi connectivity index (χ3n) is 4.50. The molecule has 0 unspecified atom stereocenters. The Labute approximate surface area is 178 Å². The quantitative estimate of drug-likeness (QED) is 0.461. The Morgan fingerprint density at radius 1 is 1.00 bits per heavy atom. The summed E-state index contributed by atoms with van der Waals surface area (Å²) in [5.74, 6) is -0.344. The van der Waals surface area contributed by atoms with Crippen molar-refractivity contribution in [1.82, 2.24) is 4.98 Å². The lowest BCUT2D eigenvalue weighted by Gasteiger charge is -2.31. The van der Waals surface area contributed by atoms with E-state index >= 15 is 0 Å². The number of benzene rings is 1. The molecule has 0 radical (unpaired) electrons. The van der Waals surface area contributed by atoms with Crippen LogP contribution in [0.5, 0.6) is 5.75 Å². The average Bonchev–Trinajstić information content (AvgIpc) is 2.52. The number of phenols is 1. The summed E-state index contributed by atoms with van der Waals surface area (Å²) in [6.07, 6.45) is 4.01. The number of ether oxygens (including phenoxy) is 1. The summed E-state index contributed by atoms with van der Waals surface area (Å²) in [4.78, 5) is 17.7. The normalized spacial score (nSPS) is 12.1. The number of esters is 1. The molecule has 1 heterocycles. The van der Waals surface area contributed by atoms with Gasteiger partial charge in [0.25, 0.3) is 0 Å². The predicted octanol–water partition coefficient (Wildman–Crippen LogP) is 5.36. The highest BCUT2D eigenvalue weighted by Gasteiger charge is 2.34. The largest absolute Gasteiger partial charge is 0.507 e. The van der Waals surface area contributed by atoms with Gasteiger partial charge in [0, 0.05) is 39.7 Å². The van der Waals surface area contributed by atoms with E-state index in [2.05, 4.69) is 30.2 Å². The van der Waals surface area contributed by atoms with Crippen molar-refractivity contribution in [2.45, 2.75) is 68.6 Å². The molecule has 4 nitrogen and oxygen atoms in total. The number of thiol groups is 2. The second-order valence-electron chi connectivity index (χ2n) is 8.91. The number of phenolic OH excluding ortho intramolecular Hbond substituents is 1. The highest BCUT2D eigenvalue weighted by Crippen LogP contribution is 2.47. The zero-order valence-corrected chi connectivity index (χ0v) is 19.1. The molecule has 28 heavy (non-hydrogen) atoms. The second-order valence-corrected chi connectivity index (χ2v) is 9.81. The molecule has 0 fully saturated rings. The molecule has 0 aliphatic heterocycles. The molecule has 0 atom stereocenters. The van der Waals surface area contributed by atoms with E-state index in [-0.39, 0.29) is 12.4 Å². The van der Waals surface area contributed by atoms with Crippen LogP contribution in [0.15, 0.2) is 34.3 Å². The topological polar surface area (TPSA) is 59.4 Å². The van der Waals surface area contributed by atoms with Crippen molar-refractivity contribution in [1.29, 1.82) is 0 Å². The molecule has 1 aromatic heterocycles. The molecule has 0 saturated carbocycles. The number of aromatic nitrogens is 1. The van der Waals surface area contributed by atoms with Crippen molar-refractivity contribution < 1.29 is 14.6 Å². The number of carbonyl (C=O) groups is 1. The standard InChI is InChI=1S/C22H29NO3S2/c1-21(2,3)15-17(24)16(22(4,5)6)19(28)14(18(15)27)20(25)26-12-9-13-7-10-23-11-8-13/h7-8,10-11,24,27-28H,9,12H2,1-6H3. The Balaban J connectivity index is 2.46. The van der Waals surface area contributed by atoms with Crippen LogP contribution in [0.25, 0.3) is 0 Å². The van der Waals surface area contributed by atoms with Gasteiger partial charge in [0.2, 0.25) is 0 Å². The van der Waals surface area contributed by atoms with E-state index in [0.717, 1.165) is 5.56 Å². The lowest BCUT2D eigenvalue weighted by Crippen LogP contribution is -2.22. The van der Waals surface area contributed by atoms with Gasteiger partial charge in [0.15, 0.2) is 0 Å². The number of hydrogen-bond acceptors (Lipinski definition) is 6. The molecule has 1 N–H and O–H groups in total. The molecule has 2 aromatic rings. The smallest absolute Gasteiger partial charge is 0.340 e. The van der Waals surface area contributed by atoms with Gasteiger partial charge in [-0.3, -0.25) is 4.98 Å². The fraction of sp³-hybridized carbons (Fsp3) is 0.455. The maximum Gasteiger partial charge on any atom is 0.340 e. The Morgan fingerprint density at radius 2 is 1.46 bits per heavy atom. The van der Waals surface area contributed by atoms with Crippen LogP contribution in [0.2, 0.25) is 0 Å². The van der Waals surface area contributed by atoms with Gasteiger partial charge in [0.05, 0.1) is 12.2 Å². The van der Waals surface area contributed by atoms with E-state index in [0.29, 0.717) is 32.9 Å². The maximum absolute atomic E-state index is 12.9. The van der Waals surface area contributed by atoms with Gasteiger partial charge >= 0.3 is 5.97 Å². The highest BCUT2D eigenvalue weighted by atomic mass is 32.1. The zero-order chi connectivity index (χ0) is 21.3. The summed E-state index contributed by atoms with van der Waals surface area (Å²) >= 11 is 9.20. The second kappa shape index (κ2) is 8.37. The third-order valence-corrected chi connectivity index (χ3v) is 5.39. The first-order chi connectivity index (χ1) is 12.9. The van der Waals surface area contributed by atoms with Gasteiger partial charge < -0.3 is 9.84 Å². The molecule has 0 aliphatic rings. The lowest BCUT2D eigenvalue weighted by atomic mass is 9.78. The fourth-order valence-electron chi connectivity index (χ4n) is 3.21. The molecule has 0 spiro atoms. The molecular formula is C22H29NO3S2. The monoisotopic (exact) mass is 419 g/mol. The van der Waals surface area contributed by atoms with Gasteiger partial charge in [-0.1, -0.05) is 41.5 Å². The van der Waals surface area contributed by atoms with Crippen LogP contribution in [-0.4, -0.2) is 22.7 Å². The van der Waals surface area contributed by atoms with Crippen LogP contribution >= 0.6 is 25.3 Å². The van der Waals surface area contributed by atoms with Crippen LogP contribution < -0.4 is 0 Å². The first kappa shape index (κ1) is 22.6. The number of rotatable bonds is 4. The number of carbonyl (C=O) groups excluding carboxylic acids is 1. The van der Waals surface area contributed by atoms with Gasteiger partial charge in [0.1, 0.15) is 5.75 Å². The number of aromatic hydroxyl groups is 1. The van der Waals surface area contributed by atoms with Crippen molar-refractivity contribution in [2.75, 3.05) is 6.61 Å². The van der Waals surface area contributed by atoms with Crippen LogP contribution in [0, 0.1) is 0 Å². The van der Waals surface area contributed by atoms with Crippen molar-refractivity contribution in [3.8, 4) is 5.75 Å². The van der Waals surface area contributed by atoms with Crippen LogP contribution in [0.4, 0.5) is 0 Å². The Morgan fingerprint density at radius 3 is 1.89 bits per heavy atom. The Kier molecular flexibility index (Phi) is 6.77. The van der Waals surface area contributed by atoms with E-state index in [1.54, 1.807) is 12.4 Å². The van der Waals surface area contributed by atoms with E-state index in [4.69, 9.17) is 4.74 Å². The molecule has 1 aromatic carbocycles. The number of hydrogen-bond donors (Lipinski definition) is 3. The van der Waals surface area contributed by atoms with E-state index in [1.165, 1.54) is 0 Å². The van der Waals surface area contributed by atoms with Gasteiger partial charge in [-0.2, -0.15) is 0 Å². The molecule has 152 valence electrons. The summed E-state index contributed by atoms with van der Waals surface area (Å²) < 4.78 is 5.53. The first-order valence-corrected chi connectivity index (χ1v) is 10.1. The number of nitrogens with zero attached hydrogens (tertiary/aromatic N) is 1. The van der Waals surface area contributed by atoms with Gasteiger partial charge in [-0.05, 0) is 28.5 Å². The summed E-state index contributed by atoms with van der Waals surface area (Å²) in [6.45, 7) is 12.1. The minimum atomic E-state index is -0.486. The van der Waals surface area contributed by atoms with Crippen molar-refractivity contribution in [2.24, 2.45) is 0 Å². The average molecular weight is 420 g/mol. The lowest BCUT2D eigenvalue weighted by molar-refractivity contribution is 0.0500. The SMILES string of the molecule is CC(C)(C)c1c(O)c(C(C)(C)C)c(S)c(C(=O)OCCc2ccncc2)c1S. The fourth-order valence-corrected chi connectivity index (χ4v) is 4.59. The van der Waals surface area contributed by atoms with Crippen LogP contribution in [0.1, 0.15) is 68.6 Å². The number of pyridine rings is 1. The minimum Gasteiger partial charge on any atom is -0.507 e. The Hall–Kier alpha value is -1.66. The van der Waals surface area contributed by atoms with Gasteiger partial charge in [-0.15, -0.1) is 25.3 Å². The van der Waals surface area contributed by atoms with E-state index < -0.39 is 16.8 Å². The Bertz CT molecular complexity index is 825. The van der Waals surface area contributed by atoms with E-state index in [9.17, 15) is 9.90 Å². The summed E-state index contributed by atoms with van der Waals surface area (Å²) in [5.41, 5.74) is 1.77. The summed E-state index contributed by atoms with van der Waals surface area (Å²) in [6, 6.07) is 3.77. The maximum atomic E-state index is 12.9. The van der Waals surface area contributed by atoms with Crippen molar-refractivity contribution >= 4 is 31.2 Å². The molecule has 0 bridgehead atoms. The molecule has 2 rings (SSSR count). The van der Waals surface area contributed by atoms with Crippen LogP contribution in [0.3, 0.4) is 0 Å². The first-order valence-electron chi connectivity index (χ1n) is 9.23. The molecular weight excluding hydrogens is 390 g/mol. The molecule has 0 aliphatic carbocycles. The summed E-state index contributed by atoms with van der Waals surface area (Å²) in [7, 11) is 0. The zero-order valence-electron chi connectivity index (χ0n) is 17.3. The van der Waals surface area contributed by atoms with Crippen LogP contribution in [-0.2, 0) is 22.0 Å². The molecule has 0 amide bonds. The van der Waals surface area contributed by atoms with Crippen molar-refractivity contribution in [3.05, 3.63) is 46.8 Å². The third kappa shape index (κ3) is 4.84. The predicted molar refractivity (Wildman–Crippen MR) is 118 cm³/mol. The molecule has 0 saturated heterocycles. The minimum absolute atomic E-state index is 0.142. The highest BCUT2D eigenvalue weighted by molar-refractivity contribution is 7.81. The molecule has 6 heteroatoms. The summed E-state index contributed by atoms with van der Waals surface area (Å²) in [5, 5.41) is 11.0.